The van der Waals surface area contributed by atoms with Gasteiger partial charge in [-0.15, -0.1) is 0 Å². The maximum atomic E-state index is 13.8. The molecule has 5 aromatic rings. The molecule has 8 nitrogen and oxygen atoms in total. The molecular formula is C25H18Cl2FN7O. The predicted molar refractivity (Wildman–Crippen MR) is 136 cm³/mol. The number of aromatic nitrogens is 5. The van der Waals surface area contributed by atoms with Gasteiger partial charge < -0.3 is 10.6 Å². The van der Waals surface area contributed by atoms with Crippen LogP contribution in [-0.4, -0.2) is 30.5 Å². The number of hydrogen-bond acceptors (Lipinski definition) is 6. The van der Waals surface area contributed by atoms with Crippen LogP contribution in [0.4, 0.5) is 16.0 Å². The van der Waals surface area contributed by atoms with Crippen molar-refractivity contribution < 1.29 is 4.39 Å². The van der Waals surface area contributed by atoms with Crippen molar-refractivity contribution in [3.05, 3.63) is 86.3 Å². The Hall–Kier alpha value is -3.53. The topological polar surface area (TPSA) is 89.1 Å². The lowest BCUT2D eigenvalue weighted by atomic mass is 9.88. The van der Waals surface area contributed by atoms with Crippen LogP contribution in [0.2, 0.25) is 10.0 Å². The molecule has 2 aliphatic rings. The van der Waals surface area contributed by atoms with Crippen molar-refractivity contribution in [2.45, 2.75) is 24.8 Å². The molecule has 1 saturated carbocycles. The van der Waals surface area contributed by atoms with Gasteiger partial charge in [-0.1, -0.05) is 29.3 Å². The van der Waals surface area contributed by atoms with E-state index in [0.717, 1.165) is 30.9 Å². The highest BCUT2D eigenvalue weighted by Crippen LogP contribution is 2.50. The van der Waals surface area contributed by atoms with Gasteiger partial charge in [-0.25, -0.2) is 18.9 Å². The molecule has 1 spiro atoms. The summed E-state index contributed by atoms with van der Waals surface area (Å²) in [4.78, 5) is 26.9. The largest absolute Gasteiger partial charge is 0.324 e. The summed E-state index contributed by atoms with van der Waals surface area (Å²) in [6.45, 7) is 1.86. The summed E-state index contributed by atoms with van der Waals surface area (Å²) in [6, 6.07) is 8.55. The molecule has 0 bridgehead atoms. The van der Waals surface area contributed by atoms with Gasteiger partial charge in [-0.05, 0) is 48.2 Å². The summed E-state index contributed by atoms with van der Waals surface area (Å²) < 4.78 is 16.7. The van der Waals surface area contributed by atoms with Crippen LogP contribution in [0.1, 0.15) is 24.0 Å². The van der Waals surface area contributed by atoms with Crippen molar-refractivity contribution in [3.63, 3.8) is 0 Å². The summed E-state index contributed by atoms with van der Waals surface area (Å²) in [5, 5.41) is 6.98. The first-order valence-corrected chi connectivity index (χ1v) is 12.2. The van der Waals surface area contributed by atoms with Crippen LogP contribution < -0.4 is 16.2 Å². The molecule has 0 saturated heterocycles. The number of nitrogens with one attached hydrogen (secondary N) is 2. The Morgan fingerprint density at radius 1 is 1.11 bits per heavy atom. The minimum Gasteiger partial charge on any atom is -0.324 e. The standard InChI is InChI=1S/C25H18Cl2FN7O/c26-18-8-14(28)9-19(27)20(18)35-22(36)16-11-31-23(33-21(16)34-6-5-30-24(34)35)32-15-1-2-17-13(7-15)10-29-12-25(17)3-4-25/h1-2,5-9,11,29H,3-4,10,12H2,(H,31,32,33). The second kappa shape index (κ2) is 7.73. The second-order valence-corrected chi connectivity index (χ2v) is 10.1. The minimum atomic E-state index is -0.605. The van der Waals surface area contributed by atoms with E-state index in [-0.39, 0.29) is 26.9 Å². The Labute approximate surface area is 213 Å². The third-order valence-electron chi connectivity index (χ3n) is 7.02. The molecule has 36 heavy (non-hydrogen) atoms. The molecule has 180 valence electrons. The Morgan fingerprint density at radius 3 is 2.69 bits per heavy atom. The summed E-state index contributed by atoms with van der Waals surface area (Å²) in [5.74, 6) is -0.0224. The van der Waals surface area contributed by atoms with Gasteiger partial charge in [0.2, 0.25) is 11.7 Å². The molecule has 7 rings (SSSR count). The maximum Gasteiger partial charge on any atom is 0.270 e. The normalized spacial score (nSPS) is 16.0. The van der Waals surface area contributed by atoms with Crippen molar-refractivity contribution >= 4 is 51.6 Å². The van der Waals surface area contributed by atoms with E-state index in [1.54, 1.807) is 10.6 Å². The first-order valence-electron chi connectivity index (χ1n) is 11.4. The monoisotopic (exact) mass is 521 g/mol. The van der Waals surface area contributed by atoms with Crippen molar-refractivity contribution in [3.8, 4) is 5.69 Å². The van der Waals surface area contributed by atoms with Gasteiger partial charge in [0.25, 0.3) is 5.56 Å². The highest BCUT2D eigenvalue weighted by molar-refractivity contribution is 6.37. The fourth-order valence-electron chi connectivity index (χ4n) is 5.15. The third kappa shape index (κ3) is 3.23. The smallest absolute Gasteiger partial charge is 0.270 e. The van der Waals surface area contributed by atoms with E-state index >= 15 is 0 Å². The molecule has 0 atom stereocenters. The summed E-state index contributed by atoms with van der Waals surface area (Å²) >= 11 is 12.6. The minimum absolute atomic E-state index is 0.0135. The van der Waals surface area contributed by atoms with Gasteiger partial charge >= 0.3 is 0 Å². The van der Waals surface area contributed by atoms with E-state index in [2.05, 4.69) is 37.7 Å². The van der Waals surface area contributed by atoms with E-state index < -0.39 is 11.4 Å². The highest BCUT2D eigenvalue weighted by atomic mass is 35.5. The quantitative estimate of drug-likeness (QED) is 0.356. The van der Waals surface area contributed by atoms with E-state index in [1.165, 1.54) is 40.9 Å². The van der Waals surface area contributed by atoms with Gasteiger partial charge in [0.15, 0.2) is 5.65 Å². The molecule has 0 radical (unpaired) electrons. The van der Waals surface area contributed by atoms with Gasteiger partial charge in [-0.3, -0.25) is 9.20 Å². The second-order valence-electron chi connectivity index (χ2n) is 9.27. The number of anilines is 2. The van der Waals surface area contributed by atoms with Crippen molar-refractivity contribution in [1.29, 1.82) is 0 Å². The van der Waals surface area contributed by atoms with E-state index in [9.17, 15) is 9.18 Å². The van der Waals surface area contributed by atoms with Gasteiger partial charge in [-0.2, -0.15) is 4.98 Å². The van der Waals surface area contributed by atoms with Crippen LogP contribution in [0.25, 0.3) is 22.5 Å². The Morgan fingerprint density at radius 2 is 1.92 bits per heavy atom. The molecule has 0 unspecified atom stereocenters. The number of imidazole rings is 1. The van der Waals surface area contributed by atoms with Crippen molar-refractivity contribution in [2.24, 2.45) is 0 Å². The van der Waals surface area contributed by atoms with Crippen LogP contribution in [-0.2, 0) is 12.0 Å². The Kier molecular flexibility index (Phi) is 4.67. The molecular weight excluding hydrogens is 504 g/mol. The number of benzene rings is 2. The first-order chi connectivity index (χ1) is 17.4. The van der Waals surface area contributed by atoms with Crippen LogP contribution in [0, 0.1) is 5.82 Å². The summed E-state index contributed by atoms with van der Waals surface area (Å²) in [6.07, 6.45) is 7.11. The maximum absolute atomic E-state index is 13.8. The Balaban J connectivity index is 1.34. The number of nitrogens with zero attached hydrogens (tertiary/aromatic N) is 5. The number of hydrogen-bond donors (Lipinski definition) is 2. The van der Waals surface area contributed by atoms with Gasteiger partial charge in [0, 0.05) is 42.8 Å². The van der Waals surface area contributed by atoms with Crippen molar-refractivity contribution in [1.82, 2.24) is 29.2 Å². The van der Waals surface area contributed by atoms with Crippen molar-refractivity contribution in [2.75, 3.05) is 11.9 Å². The van der Waals surface area contributed by atoms with Crippen LogP contribution in [0.3, 0.4) is 0 Å². The SMILES string of the molecule is O=c1c2cnc(Nc3ccc4c(c3)CNCC43CC3)nc2n2ccnc2n1-c1c(Cl)cc(F)cc1Cl. The highest BCUT2D eigenvalue weighted by Gasteiger charge is 2.46. The molecule has 11 heteroatoms. The van der Waals surface area contributed by atoms with Crippen LogP contribution in [0.5, 0.6) is 0 Å². The first kappa shape index (κ1) is 21.7. The zero-order valence-corrected chi connectivity index (χ0v) is 20.2. The average molecular weight is 522 g/mol. The van der Waals surface area contributed by atoms with E-state index in [1.807, 2.05) is 6.07 Å². The predicted octanol–water partition coefficient (Wildman–Crippen LogP) is 4.75. The molecule has 2 N–H and O–H groups in total. The molecule has 3 aromatic heterocycles. The zero-order valence-electron chi connectivity index (χ0n) is 18.7. The lowest BCUT2D eigenvalue weighted by molar-refractivity contribution is 0.531. The van der Waals surface area contributed by atoms with Crippen LogP contribution >= 0.6 is 23.2 Å². The van der Waals surface area contributed by atoms with E-state index in [0.29, 0.717) is 17.0 Å². The van der Waals surface area contributed by atoms with Crippen LogP contribution in [0.15, 0.2) is 53.7 Å². The van der Waals surface area contributed by atoms with Gasteiger partial charge in [0.05, 0.1) is 15.7 Å². The zero-order chi connectivity index (χ0) is 24.6. The summed E-state index contributed by atoms with van der Waals surface area (Å²) in [7, 11) is 0. The lowest BCUT2D eigenvalue weighted by Gasteiger charge is -2.26. The lowest BCUT2D eigenvalue weighted by Crippen LogP contribution is -2.33. The fraction of sp³-hybridized carbons (Fsp3) is 0.200. The average Bonchev–Trinajstić information content (AvgIpc) is 3.43. The molecule has 1 aliphatic heterocycles. The summed E-state index contributed by atoms with van der Waals surface area (Å²) in [5.41, 5.74) is 3.90. The molecule has 1 fully saturated rings. The molecule has 2 aromatic carbocycles. The fourth-order valence-corrected chi connectivity index (χ4v) is 5.78. The number of halogens is 3. The Bertz CT molecular complexity index is 1750. The molecule has 1 aliphatic carbocycles. The number of rotatable bonds is 3. The van der Waals surface area contributed by atoms with E-state index in [4.69, 9.17) is 23.2 Å². The third-order valence-corrected chi connectivity index (χ3v) is 7.60. The van der Waals surface area contributed by atoms with Gasteiger partial charge in [0.1, 0.15) is 11.2 Å². The molecule has 0 amide bonds. The molecule has 4 heterocycles. The number of fused-ring (bicyclic) bond motifs is 5.